The lowest BCUT2D eigenvalue weighted by Crippen LogP contribution is -2.30. The van der Waals surface area contributed by atoms with Crippen molar-refractivity contribution in [3.05, 3.63) is 17.2 Å². The number of ether oxygens (including phenoxy) is 3. The number of carbonyl (C=O) groups is 1. The Labute approximate surface area is 152 Å². The van der Waals surface area contributed by atoms with E-state index in [-0.39, 0.29) is 5.97 Å². The molecule has 0 unspecified atom stereocenters. The number of benzene rings is 1. The zero-order valence-corrected chi connectivity index (χ0v) is 15.7. The predicted molar refractivity (Wildman–Crippen MR) is 99.3 cm³/mol. The Morgan fingerprint density at radius 2 is 1.96 bits per heavy atom. The summed E-state index contributed by atoms with van der Waals surface area (Å²) in [6.07, 6.45) is 1.90. The van der Waals surface area contributed by atoms with E-state index >= 15 is 0 Å². The van der Waals surface area contributed by atoms with Gasteiger partial charge >= 0.3 is 5.97 Å². The zero-order valence-electron chi connectivity index (χ0n) is 14.1. The zero-order chi connectivity index (χ0) is 17.9. The molecule has 0 aliphatic heterocycles. The maximum absolute atomic E-state index is 11.2. The first-order valence-electron chi connectivity index (χ1n) is 7.63. The van der Waals surface area contributed by atoms with Gasteiger partial charge in [-0.15, -0.1) is 0 Å². The van der Waals surface area contributed by atoms with Crippen LogP contribution in [0.5, 0.6) is 11.5 Å². The molecule has 0 aliphatic rings. The summed E-state index contributed by atoms with van der Waals surface area (Å²) in [6, 6.07) is 3.36. The molecule has 0 atom stereocenters. The Kier molecular flexibility index (Phi) is 9.26. The molecule has 0 radical (unpaired) electrons. The minimum Gasteiger partial charge on any atom is -0.495 e. The van der Waals surface area contributed by atoms with Crippen LogP contribution < -0.4 is 20.1 Å². The number of carbonyl (C=O) groups excluding carboxylic acids is 1. The Bertz CT molecular complexity index is 569. The molecule has 1 aromatic rings. The van der Waals surface area contributed by atoms with Crippen molar-refractivity contribution in [1.82, 2.24) is 5.32 Å². The average molecular weight is 375 g/mol. The number of methoxy groups -OCH3 is 2. The summed E-state index contributed by atoms with van der Waals surface area (Å²) in [6.45, 7) is 2.89. The number of hydrogen-bond donors (Lipinski definition) is 2. The number of rotatable bonds is 9. The van der Waals surface area contributed by atoms with Crippen molar-refractivity contribution in [1.29, 1.82) is 0 Å². The molecule has 8 heteroatoms. The molecule has 0 spiro atoms. The van der Waals surface area contributed by atoms with Crippen molar-refractivity contribution in [2.45, 2.75) is 26.2 Å². The molecular weight excluding hydrogens is 352 g/mol. The molecule has 134 valence electrons. The second-order valence-corrected chi connectivity index (χ2v) is 5.71. The first kappa shape index (κ1) is 20.3. The summed E-state index contributed by atoms with van der Waals surface area (Å²) >= 11 is 11.3. The fraction of sp³-hybridized carbons (Fsp3) is 0.500. The van der Waals surface area contributed by atoms with Gasteiger partial charge in [-0.1, -0.05) is 18.5 Å². The molecule has 0 saturated heterocycles. The van der Waals surface area contributed by atoms with Gasteiger partial charge in [-0.05, 0) is 25.1 Å². The number of anilines is 1. The van der Waals surface area contributed by atoms with Gasteiger partial charge in [-0.2, -0.15) is 0 Å². The van der Waals surface area contributed by atoms with Gasteiger partial charge in [0.15, 0.2) is 5.11 Å². The molecule has 1 rings (SSSR count). The maximum Gasteiger partial charge on any atom is 0.305 e. The lowest BCUT2D eigenvalue weighted by molar-refractivity contribution is -0.143. The van der Waals surface area contributed by atoms with Crippen LogP contribution in [0, 0.1) is 0 Å². The summed E-state index contributed by atoms with van der Waals surface area (Å²) in [5, 5.41) is 6.95. The van der Waals surface area contributed by atoms with Gasteiger partial charge in [0.05, 0.1) is 31.5 Å². The second-order valence-electron chi connectivity index (χ2n) is 4.89. The number of halogens is 1. The smallest absolute Gasteiger partial charge is 0.305 e. The third kappa shape index (κ3) is 6.80. The maximum atomic E-state index is 11.2. The predicted octanol–water partition coefficient (Wildman–Crippen LogP) is 3.38. The van der Waals surface area contributed by atoms with E-state index in [1.54, 1.807) is 19.2 Å². The van der Waals surface area contributed by atoms with Crippen molar-refractivity contribution in [3.8, 4) is 11.5 Å². The van der Waals surface area contributed by atoms with Gasteiger partial charge < -0.3 is 24.8 Å². The lowest BCUT2D eigenvalue weighted by atomic mass is 10.2. The highest BCUT2D eigenvalue weighted by Crippen LogP contribution is 2.35. The number of thiocarbonyl (C=S) groups is 1. The molecule has 0 aromatic heterocycles. The Hall–Kier alpha value is -1.73. The van der Waals surface area contributed by atoms with Crippen LogP contribution in [-0.2, 0) is 9.53 Å². The van der Waals surface area contributed by atoms with Crippen LogP contribution in [0.1, 0.15) is 26.2 Å². The van der Waals surface area contributed by atoms with Crippen molar-refractivity contribution in [2.24, 2.45) is 0 Å². The second kappa shape index (κ2) is 10.9. The summed E-state index contributed by atoms with van der Waals surface area (Å²) < 4.78 is 15.5. The van der Waals surface area contributed by atoms with E-state index in [4.69, 9.17) is 38.0 Å². The molecule has 0 aliphatic carbocycles. The minimum atomic E-state index is -0.170. The first-order valence-corrected chi connectivity index (χ1v) is 8.42. The molecule has 0 fully saturated rings. The van der Waals surface area contributed by atoms with Crippen LogP contribution in [0.15, 0.2) is 12.1 Å². The molecule has 24 heavy (non-hydrogen) atoms. The van der Waals surface area contributed by atoms with Crippen LogP contribution in [0.2, 0.25) is 5.02 Å². The highest BCUT2D eigenvalue weighted by Gasteiger charge is 2.11. The van der Waals surface area contributed by atoms with Crippen LogP contribution in [0.3, 0.4) is 0 Å². The van der Waals surface area contributed by atoms with Crippen LogP contribution >= 0.6 is 23.8 Å². The molecule has 2 N–H and O–H groups in total. The monoisotopic (exact) mass is 374 g/mol. The number of hydrogen-bond acceptors (Lipinski definition) is 5. The summed E-state index contributed by atoms with van der Waals surface area (Å²) in [4.78, 5) is 11.2. The van der Waals surface area contributed by atoms with Crippen LogP contribution in [-0.4, -0.2) is 38.5 Å². The minimum absolute atomic E-state index is 0.170. The standard InChI is InChI=1S/C16H23ClN2O4S/c1-4-6-15(20)23-8-5-7-18-16(24)19-12-10-13(21-2)11(17)9-14(12)22-3/h9-10H,4-8H2,1-3H3,(H2,18,19,24). The van der Waals surface area contributed by atoms with Crippen molar-refractivity contribution >= 4 is 40.6 Å². The molecule has 6 nitrogen and oxygen atoms in total. The van der Waals surface area contributed by atoms with Crippen LogP contribution in [0.4, 0.5) is 5.69 Å². The van der Waals surface area contributed by atoms with E-state index in [1.807, 2.05) is 6.92 Å². The van der Waals surface area contributed by atoms with Gasteiger partial charge in [0.25, 0.3) is 0 Å². The van der Waals surface area contributed by atoms with E-state index < -0.39 is 0 Å². The third-order valence-electron chi connectivity index (χ3n) is 3.05. The van der Waals surface area contributed by atoms with Gasteiger partial charge in [0.2, 0.25) is 0 Å². The highest BCUT2D eigenvalue weighted by molar-refractivity contribution is 7.80. The number of esters is 1. The Morgan fingerprint density at radius 3 is 2.58 bits per heavy atom. The van der Waals surface area contributed by atoms with E-state index in [0.29, 0.717) is 53.3 Å². The summed E-state index contributed by atoms with van der Waals surface area (Å²) in [5.41, 5.74) is 0.644. The van der Waals surface area contributed by atoms with E-state index in [0.717, 1.165) is 6.42 Å². The van der Waals surface area contributed by atoms with E-state index in [2.05, 4.69) is 10.6 Å². The normalized spacial score (nSPS) is 10.0. The summed E-state index contributed by atoms with van der Waals surface area (Å²) in [5.74, 6) is 0.903. The Morgan fingerprint density at radius 1 is 1.25 bits per heavy atom. The van der Waals surface area contributed by atoms with Gasteiger partial charge in [0, 0.05) is 25.1 Å². The van der Waals surface area contributed by atoms with Gasteiger partial charge in [-0.25, -0.2) is 0 Å². The molecule has 1 aromatic carbocycles. The summed E-state index contributed by atoms with van der Waals surface area (Å²) in [7, 11) is 3.08. The van der Waals surface area contributed by atoms with E-state index in [1.165, 1.54) is 7.11 Å². The number of nitrogens with one attached hydrogen (secondary N) is 2. The third-order valence-corrected chi connectivity index (χ3v) is 3.59. The van der Waals surface area contributed by atoms with Crippen molar-refractivity contribution in [2.75, 3.05) is 32.7 Å². The Balaban J connectivity index is 2.43. The molecule has 0 saturated carbocycles. The molecule has 0 heterocycles. The largest absolute Gasteiger partial charge is 0.495 e. The quantitative estimate of drug-likeness (QED) is 0.390. The SMILES string of the molecule is CCCC(=O)OCCCNC(=S)Nc1cc(OC)c(Cl)cc1OC. The highest BCUT2D eigenvalue weighted by atomic mass is 35.5. The fourth-order valence-electron chi connectivity index (χ4n) is 1.86. The topological polar surface area (TPSA) is 68.8 Å². The lowest BCUT2D eigenvalue weighted by Gasteiger charge is -2.15. The van der Waals surface area contributed by atoms with Crippen LogP contribution in [0.25, 0.3) is 0 Å². The molecule has 0 bridgehead atoms. The first-order chi connectivity index (χ1) is 11.5. The van der Waals surface area contributed by atoms with E-state index in [9.17, 15) is 4.79 Å². The molecule has 0 amide bonds. The van der Waals surface area contributed by atoms with Gasteiger partial charge in [0.1, 0.15) is 11.5 Å². The fourth-order valence-corrected chi connectivity index (χ4v) is 2.30. The van der Waals surface area contributed by atoms with Crippen molar-refractivity contribution < 1.29 is 19.0 Å². The van der Waals surface area contributed by atoms with Crippen molar-refractivity contribution in [3.63, 3.8) is 0 Å². The molecular formula is C16H23ClN2O4S. The van der Waals surface area contributed by atoms with Gasteiger partial charge in [-0.3, -0.25) is 4.79 Å². The average Bonchev–Trinajstić information content (AvgIpc) is 2.55.